The van der Waals surface area contributed by atoms with Crippen molar-refractivity contribution in [2.75, 3.05) is 7.11 Å². The number of aryl methyl sites for hydroxylation is 2. The lowest BCUT2D eigenvalue weighted by Crippen LogP contribution is -1.96. The van der Waals surface area contributed by atoms with Gasteiger partial charge in [0.05, 0.1) is 13.3 Å². The molecule has 3 nitrogen and oxygen atoms in total. The number of hydrogen-bond donors (Lipinski definition) is 0. The van der Waals surface area contributed by atoms with Crippen molar-refractivity contribution in [1.29, 1.82) is 0 Å². The molecule has 0 aliphatic rings. The van der Waals surface area contributed by atoms with E-state index in [0.717, 1.165) is 16.1 Å². The van der Waals surface area contributed by atoms with Crippen LogP contribution in [-0.4, -0.2) is 18.1 Å². The predicted octanol–water partition coefficient (Wildman–Crippen LogP) is 3.21. The lowest BCUT2D eigenvalue weighted by molar-refractivity contribution is 0.0606. The zero-order valence-electron chi connectivity index (χ0n) is 9.98. The molecule has 1 aromatic carbocycles. The minimum Gasteiger partial charge on any atom is -0.465 e. The van der Waals surface area contributed by atoms with Crippen LogP contribution in [0.1, 0.15) is 20.8 Å². The van der Waals surface area contributed by atoms with Gasteiger partial charge < -0.3 is 4.74 Å². The highest BCUT2D eigenvalue weighted by atomic mass is 32.1. The number of methoxy groups -OCH3 is 1. The van der Waals surface area contributed by atoms with Crippen molar-refractivity contribution < 1.29 is 9.53 Å². The van der Waals surface area contributed by atoms with Crippen molar-refractivity contribution in [3.63, 3.8) is 0 Å². The topological polar surface area (TPSA) is 39.2 Å². The number of esters is 1. The molecule has 0 spiro atoms. The molecule has 0 N–H and O–H groups in total. The quantitative estimate of drug-likeness (QED) is 0.765. The van der Waals surface area contributed by atoms with Gasteiger partial charge in [0.1, 0.15) is 9.88 Å². The van der Waals surface area contributed by atoms with Crippen molar-refractivity contribution in [3.8, 4) is 10.6 Å². The van der Waals surface area contributed by atoms with Crippen molar-refractivity contribution in [3.05, 3.63) is 40.4 Å². The van der Waals surface area contributed by atoms with Gasteiger partial charge in [-0.1, -0.05) is 23.8 Å². The maximum atomic E-state index is 11.3. The highest BCUT2D eigenvalue weighted by Gasteiger charge is 2.12. The van der Waals surface area contributed by atoms with Crippen molar-refractivity contribution >= 4 is 17.3 Å². The van der Waals surface area contributed by atoms with Crippen LogP contribution in [0.5, 0.6) is 0 Å². The van der Waals surface area contributed by atoms with E-state index in [-0.39, 0.29) is 5.97 Å². The number of benzene rings is 1. The molecule has 0 amide bonds. The lowest BCUT2D eigenvalue weighted by Gasteiger charge is -2.02. The molecule has 0 atom stereocenters. The fraction of sp³-hybridized carbons (Fsp3) is 0.231. The Labute approximate surface area is 104 Å². The van der Waals surface area contributed by atoms with Crippen LogP contribution in [-0.2, 0) is 4.74 Å². The van der Waals surface area contributed by atoms with E-state index in [9.17, 15) is 4.79 Å². The van der Waals surface area contributed by atoms with Crippen LogP contribution in [0.4, 0.5) is 0 Å². The molecule has 0 unspecified atom stereocenters. The number of nitrogens with zero attached hydrogens (tertiary/aromatic N) is 1. The monoisotopic (exact) mass is 247 g/mol. The fourth-order valence-corrected chi connectivity index (χ4v) is 2.57. The second kappa shape index (κ2) is 4.67. The number of ether oxygens (including phenoxy) is 1. The Bertz CT molecular complexity index is 560. The summed E-state index contributed by atoms with van der Waals surface area (Å²) in [6.45, 7) is 4.10. The first-order valence-corrected chi connectivity index (χ1v) is 6.05. The van der Waals surface area contributed by atoms with Crippen LogP contribution >= 0.6 is 11.3 Å². The van der Waals surface area contributed by atoms with Crippen molar-refractivity contribution in [1.82, 2.24) is 4.98 Å². The van der Waals surface area contributed by atoms with Gasteiger partial charge in [-0.05, 0) is 19.4 Å². The zero-order valence-corrected chi connectivity index (χ0v) is 10.8. The maximum absolute atomic E-state index is 11.3. The van der Waals surface area contributed by atoms with E-state index in [1.165, 1.54) is 24.0 Å². The van der Waals surface area contributed by atoms with Gasteiger partial charge in [-0.15, -0.1) is 11.3 Å². The molecule has 1 heterocycles. The molecular formula is C13H13NO2S. The Balaban J connectivity index is 2.40. The largest absolute Gasteiger partial charge is 0.465 e. The molecule has 0 radical (unpaired) electrons. The van der Waals surface area contributed by atoms with Crippen molar-refractivity contribution in [2.24, 2.45) is 0 Å². The molecule has 17 heavy (non-hydrogen) atoms. The van der Waals surface area contributed by atoms with Crippen LogP contribution in [0.3, 0.4) is 0 Å². The first kappa shape index (κ1) is 11.8. The molecule has 2 rings (SSSR count). The van der Waals surface area contributed by atoms with Gasteiger partial charge >= 0.3 is 5.97 Å². The van der Waals surface area contributed by atoms with Gasteiger partial charge in [0.2, 0.25) is 0 Å². The summed E-state index contributed by atoms with van der Waals surface area (Å²) in [4.78, 5) is 16.1. The highest BCUT2D eigenvalue weighted by molar-refractivity contribution is 7.16. The van der Waals surface area contributed by atoms with E-state index in [2.05, 4.69) is 22.7 Å². The van der Waals surface area contributed by atoms with Gasteiger partial charge in [0, 0.05) is 5.56 Å². The van der Waals surface area contributed by atoms with Crippen LogP contribution < -0.4 is 0 Å². The van der Waals surface area contributed by atoms with Gasteiger partial charge in [-0.2, -0.15) is 0 Å². The summed E-state index contributed by atoms with van der Waals surface area (Å²) in [5.41, 5.74) is 3.45. The highest BCUT2D eigenvalue weighted by Crippen LogP contribution is 2.28. The molecule has 2 aromatic rings. The third kappa shape index (κ3) is 2.36. The molecular weight excluding hydrogens is 234 g/mol. The molecule has 0 bridgehead atoms. The zero-order chi connectivity index (χ0) is 12.4. The van der Waals surface area contributed by atoms with Crippen LogP contribution in [0.2, 0.25) is 0 Å². The Hall–Kier alpha value is -1.68. The number of rotatable bonds is 2. The Morgan fingerprint density at radius 3 is 2.76 bits per heavy atom. The number of carbonyl (C=O) groups is 1. The first-order chi connectivity index (χ1) is 8.11. The average molecular weight is 247 g/mol. The molecule has 0 saturated carbocycles. The lowest BCUT2D eigenvalue weighted by atomic mass is 10.1. The van der Waals surface area contributed by atoms with E-state index in [4.69, 9.17) is 0 Å². The van der Waals surface area contributed by atoms with Gasteiger partial charge in [0.25, 0.3) is 0 Å². The number of carbonyl (C=O) groups excluding carboxylic acids is 1. The van der Waals surface area contributed by atoms with E-state index in [1.54, 1.807) is 6.20 Å². The second-order valence-corrected chi connectivity index (χ2v) is 4.87. The van der Waals surface area contributed by atoms with E-state index >= 15 is 0 Å². The summed E-state index contributed by atoms with van der Waals surface area (Å²) < 4.78 is 4.67. The smallest absolute Gasteiger partial charge is 0.349 e. The third-order valence-corrected chi connectivity index (χ3v) is 3.52. The first-order valence-electron chi connectivity index (χ1n) is 5.23. The van der Waals surface area contributed by atoms with E-state index < -0.39 is 0 Å². The number of thiazole rings is 1. The van der Waals surface area contributed by atoms with Gasteiger partial charge in [-0.25, -0.2) is 9.78 Å². The summed E-state index contributed by atoms with van der Waals surface area (Å²) in [5, 5.41) is 0.850. The Morgan fingerprint density at radius 2 is 2.12 bits per heavy atom. The maximum Gasteiger partial charge on any atom is 0.349 e. The number of aromatic nitrogens is 1. The van der Waals surface area contributed by atoms with E-state index in [1.807, 2.05) is 19.1 Å². The van der Waals surface area contributed by atoms with Crippen LogP contribution in [0, 0.1) is 13.8 Å². The SMILES string of the molecule is COC(=O)c1cnc(-c2ccc(C)cc2C)s1. The summed E-state index contributed by atoms with van der Waals surface area (Å²) in [6, 6.07) is 6.18. The van der Waals surface area contributed by atoms with E-state index in [0.29, 0.717) is 4.88 Å². The number of hydrogen-bond acceptors (Lipinski definition) is 4. The minimum absolute atomic E-state index is 0.335. The van der Waals surface area contributed by atoms with Crippen LogP contribution in [0.15, 0.2) is 24.4 Å². The van der Waals surface area contributed by atoms with Gasteiger partial charge in [-0.3, -0.25) is 0 Å². The predicted molar refractivity (Wildman–Crippen MR) is 68.4 cm³/mol. The molecule has 0 fully saturated rings. The molecule has 1 aromatic heterocycles. The molecule has 0 saturated heterocycles. The normalized spacial score (nSPS) is 10.3. The second-order valence-electron chi connectivity index (χ2n) is 3.84. The molecule has 0 aliphatic heterocycles. The molecule has 88 valence electrons. The van der Waals surface area contributed by atoms with Crippen molar-refractivity contribution in [2.45, 2.75) is 13.8 Å². The standard InChI is InChI=1S/C13H13NO2S/c1-8-4-5-10(9(2)6-8)12-14-7-11(17-12)13(15)16-3/h4-7H,1-3H3. The molecule has 4 heteroatoms. The third-order valence-electron chi connectivity index (χ3n) is 2.50. The fourth-order valence-electron chi connectivity index (χ4n) is 1.65. The minimum atomic E-state index is -0.335. The average Bonchev–Trinajstić information content (AvgIpc) is 2.77. The summed E-state index contributed by atoms with van der Waals surface area (Å²) >= 11 is 1.35. The molecule has 0 aliphatic carbocycles. The summed E-state index contributed by atoms with van der Waals surface area (Å²) in [5.74, 6) is -0.335. The van der Waals surface area contributed by atoms with Crippen LogP contribution in [0.25, 0.3) is 10.6 Å². The summed E-state index contributed by atoms with van der Waals surface area (Å²) in [7, 11) is 1.37. The summed E-state index contributed by atoms with van der Waals surface area (Å²) in [6.07, 6.45) is 1.56. The van der Waals surface area contributed by atoms with Gasteiger partial charge in [0.15, 0.2) is 0 Å². The Morgan fingerprint density at radius 1 is 1.35 bits per heavy atom. The Kier molecular flexibility index (Phi) is 3.24.